The molecule has 2 heterocycles. The van der Waals surface area contributed by atoms with E-state index >= 15 is 0 Å². The maximum Gasteiger partial charge on any atom is 0.220 e. The number of furan rings is 1. The fourth-order valence-electron chi connectivity index (χ4n) is 1.64. The molecule has 12 heavy (non-hydrogen) atoms. The zero-order chi connectivity index (χ0) is 8.55. The maximum absolute atomic E-state index is 10.9. The molecule has 0 saturated carbocycles. The Bertz CT molecular complexity index is 303. The van der Waals surface area contributed by atoms with Gasteiger partial charge in [0.2, 0.25) is 5.91 Å². The van der Waals surface area contributed by atoms with Crippen molar-refractivity contribution >= 4 is 5.91 Å². The number of nitrogens with one attached hydrogen (secondary N) is 1. The average Bonchev–Trinajstić information content (AvgIpc) is 2.58. The van der Waals surface area contributed by atoms with Gasteiger partial charge in [0.1, 0.15) is 5.76 Å². The van der Waals surface area contributed by atoms with Gasteiger partial charge >= 0.3 is 0 Å². The molecule has 1 N–H and O–H groups in total. The summed E-state index contributed by atoms with van der Waals surface area (Å²) in [4.78, 5) is 10.9. The SMILES string of the molecule is Cc1occc1C1CNC(=O)C1. The molecular weight excluding hydrogens is 154 g/mol. The number of rotatable bonds is 1. The number of amides is 1. The molecule has 0 aromatic carbocycles. The van der Waals surface area contributed by atoms with Gasteiger partial charge in [-0.2, -0.15) is 0 Å². The molecule has 1 aliphatic heterocycles. The molecule has 1 fully saturated rings. The molecule has 0 aliphatic carbocycles. The summed E-state index contributed by atoms with van der Waals surface area (Å²) in [6.45, 7) is 2.68. The smallest absolute Gasteiger partial charge is 0.220 e. The highest BCUT2D eigenvalue weighted by atomic mass is 16.3. The molecule has 2 rings (SSSR count). The molecular formula is C9H11NO2. The zero-order valence-corrected chi connectivity index (χ0v) is 6.96. The van der Waals surface area contributed by atoms with Crippen molar-refractivity contribution < 1.29 is 9.21 Å². The van der Waals surface area contributed by atoms with Crippen LogP contribution in [-0.2, 0) is 4.79 Å². The van der Waals surface area contributed by atoms with E-state index in [2.05, 4.69) is 5.32 Å². The first kappa shape index (κ1) is 7.40. The Kier molecular flexibility index (Phi) is 1.64. The Morgan fingerprint density at radius 1 is 1.67 bits per heavy atom. The van der Waals surface area contributed by atoms with Gasteiger partial charge in [0.05, 0.1) is 6.26 Å². The monoisotopic (exact) mass is 165 g/mol. The van der Waals surface area contributed by atoms with Crippen LogP contribution in [0.25, 0.3) is 0 Å². The average molecular weight is 165 g/mol. The minimum Gasteiger partial charge on any atom is -0.469 e. The van der Waals surface area contributed by atoms with Gasteiger partial charge in [0, 0.05) is 18.9 Å². The highest BCUT2D eigenvalue weighted by Crippen LogP contribution is 2.26. The Morgan fingerprint density at radius 2 is 2.50 bits per heavy atom. The van der Waals surface area contributed by atoms with Crippen LogP contribution < -0.4 is 5.32 Å². The van der Waals surface area contributed by atoms with E-state index in [1.165, 1.54) is 0 Å². The first-order valence-corrected chi connectivity index (χ1v) is 4.08. The van der Waals surface area contributed by atoms with Gasteiger partial charge < -0.3 is 9.73 Å². The largest absolute Gasteiger partial charge is 0.469 e. The second kappa shape index (κ2) is 2.66. The Balaban J connectivity index is 2.21. The minimum atomic E-state index is 0.139. The van der Waals surface area contributed by atoms with Crippen LogP contribution in [0.1, 0.15) is 23.7 Å². The predicted octanol–water partition coefficient (Wildman–Crippen LogP) is 1.19. The molecule has 64 valence electrons. The molecule has 0 bridgehead atoms. The summed E-state index contributed by atoms with van der Waals surface area (Å²) in [5.74, 6) is 1.38. The van der Waals surface area contributed by atoms with E-state index in [0.29, 0.717) is 12.3 Å². The lowest BCUT2D eigenvalue weighted by atomic mass is 9.99. The first-order chi connectivity index (χ1) is 5.77. The molecule has 1 saturated heterocycles. The van der Waals surface area contributed by atoms with Crippen LogP contribution in [0.15, 0.2) is 16.7 Å². The van der Waals surface area contributed by atoms with Crippen molar-refractivity contribution in [3.63, 3.8) is 0 Å². The van der Waals surface area contributed by atoms with Crippen LogP contribution in [0.5, 0.6) is 0 Å². The Labute approximate surface area is 70.8 Å². The van der Waals surface area contributed by atoms with Crippen molar-refractivity contribution in [1.82, 2.24) is 5.32 Å². The van der Waals surface area contributed by atoms with Gasteiger partial charge in [-0.3, -0.25) is 4.79 Å². The predicted molar refractivity (Wildman–Crippen MR) is 43.8 cm³/mol. The van der Waals surface area contributed by atoms with Crippen molar-refractivity contribution in [1.29, 1.82) is 0 Å². The van der Waals surface area contributed by atoms with Gasteiger partial charge in [0.25, 0.3) is 0 Å². The van der Waals surface area contributed by atoms with Gasteiger partial charge in [-0.05, 0) is 18.6 Å². The minimum absolute atomic E-state index is 0.139. The summed E-state index contributed by atoms with van der Waals surface area (Å²) in [6, 6.07) is 1.94. The number of hydrogen-bond acceptors (Lipinski definition) is 2. The maximum atomic E-state index is 10.9. The van der Waals surface area contributed by atoms with E-state index in [-0.39, 0.29) is 5.91 Å². The van der Waals surface area contributed by atoms with Crippen LogP contribution in [0.4, 0.5) is 0 Å². The third kappa shape index (κ3) is 1.11. The second-order valence-corrected chi connectivity index (χ2v) is 3.14. The molecule has 3 nitrogen and oxygen atoms in total. The van der Waals surface area contributed by atoms with E-state index in [1.54, 1.807) is 6.26 Å². The van der Waals surface area contributed by atoms with E-state index in [1.807, 2.05) is 13.0 Å². The normalized spacial score (nSPS) is 22.8. The molecule has 3 heteroatoms. The topological polar surface area (TPSA) is 42.2 Å². The second-order valence-electron chi connectivity index (χ2n) is 3.14. The number of aryl methyl sites for hydroxylation is 1. The highest BCUT2D eigenvalue weighted by molar-refractivity contribution is 5.79. The van der Waals surface area contributed by atoms with Crippen molar-refractivity contribution in [2.75, 3.05) is 6.54 Å². The van der Waals surface area contributed by atoms with E-state index in [9.17, 15) is 4.79 Å². The lowest BCUT2D eigenvalue weighted by molar-refractivity contribution is -0.119. The third-order valence-corrected chi connectivity index (χ3v) is 2.32. The van der Waals surface area contributed by atoms with Crippen molar-refractivity contribution in [3.8, 4) is 0 Å². The molecule has 0 spiro atoms. The molecule has 1 unspecified atom stereocenters. The van der Waals surface area contributed by atoms with Crippen LogP contribution in [0.3, 0.4) is 0 Å². The molecule has 1 amide bonds. The molecule has 1 aromatic heterocycles. The summed E-state index contributed by atoms with van der Waals surface area (Å²) >= 11 is 0. The van der Waals surface area contributed by atoms with E-state index < -0.39 is 0 Å². The van der Waals surface area contributed by atoms with Crippen molar-refractivity contribution in [2.45, 2.75) is 19.3 Å². The van der Waals surface area contributed by atoms with Crippen LogP contribution >= 0.6 is 0 Å². The summed E-state index contributed by atoms with van der Waals surface area (Å²) in [5.41, 5.74) is 1.16. The lowest BCUT2D eigenvalue weighted by Crippen LogP contribution is -2.13. The van der Waals surface area contributed by atoms with Gasteiger partial charge in [0.15, 0.2) is 0 Å². The molecule has 1 aliphatic rings. The first-order valence-electron chi connectivity index (χ1n) is 4.08. The van der Waals surface area contributed by atoms with Gasteiger partial charge in [-0.25, -0.2) is 0 Å². The number of carbonyl (C=O) groups excluding carboxylic acids is 1. The molecule has 0 radical (unpaired) electrons. The fourth-order valence-corrected chi connectivity index (χ4v) is 1.64. The zero-order valence-electron chi connectivity index (χ0n) is 6.96. The lowest BCUT2D eigenvalue weighted by Gasteiger charge is -2.03. The van der Waals surface area contributed by atoms with E-state index in [0.717, 1.165) is 17.9 Å². The third-order valence-electron chi connectivity index (χ3n) is 2.32. The standard InChI is InChI=1S/C9H11NO2/c1-6-8(2-3-12-6)7-4-9(11)10-5-7/h2-3,7H,4-5H2,1H3,(H,10,11). The summed E-state index contributed by atoms with van der Waals surface area (Å²) in [6.07, 6.45) is 2.27. The van der Waals surface area contributed by atoms with Crippen LogP contribution in [-0.4, -0.2) is 12.5 Å². The summed E-state index contributed by atoms with van der Waals surface area (Å²) < 4.78 is 5.17. The highest BCUT2D eigenvalue weighted by Gasteiger charge is 2.25. The van der Waals surface area contributed by atoms with E-state index in [4.69, 9.17) is 4.42 Å². The molecule has 1 aromatic rings. The van der Waals surface area contributed by atoms with Crippen molar-refractivity contribution in [2.24, 2.45) is 0 Å². The summed E-state index contributed by atoms with van der Waals surface area (Å²) in [5, 5.41) is 2.80. The molecule has 1 atom stereocenters. The van der Waals surface area contributed by atoms with Crippen LogP contribution in [0, 0.1) is 6.92 Å². The number of carbonyl (C=O) groups is 1. The number of hydrogen-bond donors (Lipinski definition) is 1. The quantitative estimate of drug-likeness (QED) is 0.679. The fraction of sp³-hybridized carbons (Fsp3) is 0.444. The Hall–Kier alpha value is -1.25. The van der Waals surface area contributed by atoms with Gasteiger partial charge in [-0.1, -0.05) is 0 Å². The van der Waals surface area contributed by atoms with Crippen molar-refractivity contribution in [3.05, 3.63) is 23.7 Å². The Morgan fingerprint density at radius 3 is 3.00 bits per heavy atom. The van der Waals surface area contributed by atoms with Gasteiger partial charge in [-0.15, -0.1) is 0 Å². The van der Waals surface area contributed by atoms with Crippen LogP contribution in [0.2, 0.25) is 0 Å². The summed E-state index contributed by atoms with van der Waals surface area (Å²) in [7, 11) is 0.